The number of ether oxygens (including phenoxy) is 2. The zero-order valence-electron chi connectivity index (χ0n) is 18.5. The van der Waals surface area contributed by atoms with Gasteiger partial charge in [0.1, 0.15) is 11.3 Å². The first-order valence-electron chi connectivity index (χ1n) is 10.5. The van der Waals surface area contributed by atoms with Crippen molar-refractivity contribution in [1.82, 2.24) is 9.88 Å². The van der Waals surface area contributed by atoms with Gasteiger partial charge in [0.15, 0.2) is 16.8 Å². The number of benzene rings is 2. The van der Waals surface area contributed by atoms with Crippen LogP contribution in [0.1, 0.15) is 22.3 Å². The Morgan fingerprint density at radius 2 is 1.97 bits per heavy atom. The first kappa shape index (κ1) is 25.3. The summed E-state index contributed by atoms with van der Waals surface area (Å²) in [4.78, 5) is 21.9. The van der Waals surface area contributed by atoms with Gasteiger partial charge < -0.3 is 9.47 Å². The van der Waals surface area contributed by atoms with E-state index < -0.39 is 17.5 Å². The van der Waals surface area contributed by atoms with Gasteiger partial charge in [0, 0.05) is 31.7 Å². The average Bonchev–Trinajstić information content (AvgIpc) is 3.25. The molecule has 0 radical (unpaired) electrons. The summed E-state index contributed by atoms with van der Waals surface area (Å²) in [6.45, 7) is 6.30. The van der Waals surface area contributed by atoms with Crippen LogP contribution in [0.3, 0.4) is 0 Å². The Morgan fingerprint density at radius 1 is 1.21 bits per heavy atom. The van der Waals surface area contributed by atoms with E-state index in [1.165, 1.54) is 17.4 Å². The molecule has 3 aromatic rings. The highest BCUT2D eigenvalue weighted by Gasteiger charge is 2.24. The van der Waals surface area contributed by atoms with Crippen molar-refractivity contribution in [2.24, 2.45) is 0 Å². The highest BCUT2D eigenvalue weighted by Crippen LogP contribution is 2.37. The maximum absolute atomic E-state index is 13.8. The molecule has 1 aliphatic heterocycles. The molecular weight excluding hydrogens is 472 g/mol. The topological polar surface area (TPSA) is 54.9 Å². The number of thiazole rings is 1. The summed E-state index contributed by atoms with van der Waals surface area (Å²) in [6.07, 6.45) is 0.710. The van der Waals surface area contributed by atoms with Crippen LogP contribution in [-0.4, -0.2) is 62.3 Å². The zero-order valence-corrected chi connectivity index (χ0v) is 20.1. The van der Waals surface area contributed by atoms with Gasteiger partial charge in [-0.25, -0.2) is 13.8 Å². The van der Waals surface area contributed by atoms with E-state index in [0.717, 1.165) is 42.0 Å². The van der Waals surface area contributed by atoms with Crippen molar-refractivity contribution in [3.63, 3.8) is 0 Å². The number of methoxy groups -OCH3 is 1. The van der Waals surface area contributed by atoms with Crippen molar-refractivity contribution in [2.45, 2.75) is 13.3 Å². The Bertz CT molecular complexity index is 1120. The number of anilines is 1. The number of hydrogen-bond acceptors (Lipinski definition) is 6. The van der Waals surface area contributed by atoms with E-state index in [4.69, 9.17) is 14.5 Å². The van der Waals surface area contributed by atoms with E-state index in [9.17, 15) is 13.6 Å². The molecule has 4 rings (SSSR count). The first-order valence-corrected chi connectivity index (χ1v) is 11.3. The van der Waals surface area contributed by atoms with Crippen molar-refractivity contribution in [3.05, 3.63) is 53.1 Å². The van der Waals surface area contributed by atoms with Gasteiger partial charge in [-0.3, -0.25) is 14.6 Å². The third-order valence-electron chi connectivity index (χ3n) is 5.51. The van der Waals surface area contributed by atoms with E-state index >= 15 is 0 Å². The Kier molecular flexibility index (Phi) is 8.58. The van der Waals surface area contributed by atoms with Crippen LogP contribution in [-0.2, 0) is 4.74 Å². The Balaban J connectivity index is 0.00000306. The van der Waals surface area contributed by atoms with Gasteiger partial charge in [0.05, 0.1) is 25.0 Å². The summed E-state index contributed by atoms with van der Waals surface area (Å²) in [5.74, 6) is -1.82. The lowest BCUT2D eigenvalue weighted by Crippen LogP contribution is -2.39. The molecule has 0 atom stereocenters. The van der Waals surface area contributed by atoms with Gasteiger partial charge >= 0.3 is 0 Å². The fourth-order valence-electron chi connectivity index (χ4n) is 3.72. The lowest BCUT2D eigenvalue weighted by Gasteiger charge is -2.27. The van der Waals surface area contributed by atoms with Gasteiger partial charge in [-0.05, 0) is 43.2 Å². The zero-order chi connectivity index (χ0) is 22.7. The second kappa shape index (κ2) is 11.2. The molecule has 0 N–H and O–H groups in total. The van der Waals surface area contributed by atoms with Crippen LogP contribution >= 0.6 is 23.7 Å². The standard InChI is InChI=1S/C23H25F2N3O3S.ClH/c1-15-4-7-19(30-2)20-21(15)32-23(26-20)28(9-3-8-27-10-12-31-13-11-27)22(29)16-5-6-17(24)18(25)14-16;/h4-7,14H,3,8-13H2,1-2H3;1H. The van der Waals surface area contributed by atoms with E-state index in [1.807, 2.05) is 19.1 Å². The Labute approximate surface area is 201 Å². The summed E-state index contributed by atoms with van der Waals surface area (Å²) >= 11 is 1.39. The maximum Gasteiger partial charge on any atom is 0.260 e. The number of fused-ring (bicyclic) bond motifs is 1. The molecule has 1 aromatic heterocycles. The SMILES string of the molecule is COc1ccc(C)c2sc(N(CCCN3CCOCC3)C(=O)c3ccc(F)c(F)c3)nc12.Cl. The second-order valence-corrected chi connectivity index (χ2v) is 8.63. The number of carbonyl (C=O) groups is 1. The molecule has 1 fully saturated rings. The van der Waals surface area contributed by atoms with Crippen molar-refractivity contribution >= 4 is 45.0 Å². The van der Waals surface area contributed by atoms with Crippen LogP contribution < -0.4 is 9.64 Å². The lowest BCUT2D eigenvalue weighted by atomic mass is 10.2. The third-order valence-corrected chi connectivity index (χ3v) is 6.73. The monoisotopic (exact) mass is 497 g/mol. The lowest BCUT2D eigenvalue weighted by molar-refractivity contribution is 0.0376. The molecule has 2 heterocycles. The molecule has 0 spiro atoms. The number of aromatic nitrogens is 1. The summed E-state index contributed by atoms with van der Waals surface area (Å²) < 4.78 is 39.0. The molecule has 1 aliphatic rings. The van der Waals surface area contributed by atoms with Crippen molar-refractivity contribution in [1.29, 1.82) is 0 Å². The van der Waals surface area contributed by atoms with Crippen molar-refractivity contribution < 1.29 is 23.0 Å². The molecule has 10 heteroatoms. The average molecular weight is 498 g/mol. The van der Waals surface area contributed by atoms with E-state index in [-0.39, 0.29) is 18.0 Å². The second-order valence-electron chi connectivity index (χ2n) is 7.65. The normalized spacial score (nSPS) is 14.2. The van der Waals surface area contributed by atoms with Crippen LogP contribution in [0.4, 0.5) is 13.9 Å². The molecule has 0 unspecified atom stereocenters. The first-order chi connectivity index (χ1) is 15.5. The largest absolute Gasteiger partial charge is 0.494 e. The fraction of sp³-hybridized carbons (Fsp3) is 0.391. The molecule has 0 saturated carbocycles. The molecule has 0 aliphatic carbocycles. The number of nitrogens with zero attached hydrogens (tertiary/aromatic N) is 3. The number of rotatable bonds is 7. The quantitative estimate of drug-likeness (QED) is 0.474. The van der Waals surface area contributed by atoms with E-state index in [0.29, 0.717) is 42.6 Å². The predicted octanol–water partition coefficient (Wildman–Crippen LogP) is 4.68. The van der Waals surface area contributed by atoms with Gasteiger partial charge in [0.2, 0.25) is 0 Å². The van der Waals surface area contributed by atoms with Crippen LogP contribution in [0.2, 0.25) is 0 Å². The van der Waals surface area contributed by atoms with Gasteiger partial charge in [0.25, 0.3) is 5.91 Å². The molecule has 1 saturated heterocycles. The number of hydrogen-bond donors (Lipinski definition) is 0. The number of morpholine rings is 1. The van der Waals surface area contributed by atoms with E-state index in [2.05, 4.69) is 4.90 Å². The molecule has 33 heavy (non-hydrogen) atoms. The smallest absolute Gasteiger partial charge is 0.260 e. The highest BCUT2D eigenvalue weighted by molar-refractivity contribution is 7.22. The Morgan fingerprint density at radius 3 is 2.67 bits per heavy atom. The van der Waals surface area contributed by atoms with Gasteiger partial charge in [-0.2, -0.15) is 0 Å². The van der Waals surface area contributed by atoms with E-state index in [1.54, 1.807) is 12.0 Å². The van der Waals surface area contributed by atoms with Crippen LogP contribution in [0.25, 0.3) is 10.2 Å². The summed E-state index contributed by atoms with van der Waals surface area (Å²) in [7, 11) is 1.58. The number of amides is 1. The minimum absolute atomic E-state index is 0. The minimum Gasteiger partial charge on any atom is -0.494 e. The summed E-state index contributed by atoms with van der Waals surface area (Å²) in [5.41, 5.74) is 1.79. The highest BCUT2D eigenvalue weighted by atomic mass is 35.5. The van der Waals surface area contributed by atoms with Crippen LogP contribution in [0.15, 0.2) is 30.3 Å². The van der Waals surface area contributed by atoms with Crippen LogP contribution in [0.5, 0.6) is 5.75 Å². The van der Waals surface area contributed by atoms with Gasteiger partial charge in [-0.15, -0.1) is 12.4 Å². The maximum atomic E-state index is 13.8. The van der Waals surface area contributed by atoms with Crippen LogP contribution in [0, 0.1) is 18.6 Å². The Hall–Kier alpha value is -2.33. The molecule has 0 bridgehead atoms. The fourth-order valence-corrected chi connectivity index (χ4v) is 4.80. The molecule has 6 nitrogen and oxygen atoms in total. The minimum atomic E-state index is -1.05. The number of aryl methyl sites for hydroxylation is 1. The summed E-state index contributed by atoms with van der Waals surface area (Å²) in [6, 6.07) is 7.00. The number of halogens is 3. The van der Waals surface area contributed by atoms with Gasteiger partial charge in [-0.1, -0.05) is 17.4 Å². The number of carbonyl (C=O) groups excluding carboxylic acids is 1. The molecule has 178 valence electrons. The van der Waals surface area contributed by atoms with Crippen molar-refractivity contribution in [3.8, 4) is 5.75 Å². The summed E-state index contributed by atoms with van der Waals surface area (Å²) in [5, 5.41) is 0.504. The predicted molar refractivity (Wildman–Crippen MR) is 128 cm³/mol. The molecule has 2 aromatic carbocycles. The molecule has 1 amide bonds. The molecular formula is C23H26ClF2N3O3S. The van der Waals surface area contributed by atoms with Crippen molar-refractivity contribution in [2.75, 3.05) is 51.4 Å². The third kappa shape index (κ3) is 5.60.